The van der Waals surface area contributed by atoms with Gasteiger partial charge >= 0.3 is 6.01 Å². The van der Waals surface area contributed by atoms with E-state index in [-0.39, 0.29) is 23.1 Å². The fraction of sp³-hybridized carbons (Fsp3) is 0.250. The van der Waals surface area contributed by atoms with E-state index in [1.165, 1.54) is 20.4 Å². The average Bonchev–Trinajstić information content (AvgIpc) is 2.60. The van der Waals surface area contributed by atoms with Gasteiger partial charge in [-0.25, -0.2) is 9.97 Å². The van der Waals surface area contributed by atoms with E-state index in [0.29, 0.717) is 12.1 Å². The van der Waals surface area contributed by atoms with Gasteiger partial charge in [-0.1, -0.05) is 12.1 Å². The molecule has 0 spiro atoms. The predicted molar refractivity (Wildman–Crippen MR) is 85.8 cm³/mol. The lowest BCUT2D eigenvalue weighted by Crippen LogP contribution is -2.23. The van der Waals surface area contributed by atoms with Gasteiger partial charge in [0, 0.05) is 12.7 Å². The molecule has 0 saturated heterocycles. The fourth-order valence-corrected chi connectivity index (χ4v) is 2.45. The summed E-state index contributed by atoms with van der Waals surface area (Å²) in [4.78, 5) is 25.5. The molecule has 3 rings (SSSR count). The van der Waals surface area contributed by atoms with Crippen molar-refractivity contribution in [2.75, 3.05) is 14.2 Å². The molecule has 0 aliphatic carbocycles. The molecule has 0 bridgehead atoms. The first-order chi connectivity index (χ1) is 11.2. The molecule has 23 heavy (non-hydrogen) atoms. The molecular weight excluding hydrogens is 296 g/mol. The van der Waals surface area contributed by atoms with Gasteiger partial charge in [-0.2, -0.15) is 4.98 Å². The molecule has 7 nitrogen and oxygen atoms in total. The Bertz CT molecular complexity index is 921. The number of ether oxygens (including phenoxy) is 2. The number of aromatic nitrogens is 4. The zero-order valence-corrected chi connectivity index (χ0v) is 13.1. The van der Waals surface area contributed by atoms with E-state index < -0.39 is 0 Å². The smallest absolute Gasteiger partial charge is 0.319 e. The van der Waals surface area contributed by atoms with Crippen molar-refractivity contribution >= 4 is 11.0 Å². The molecule has 0 aliphatic heterocycles. The van der Waals surface area contributed by atoms with E-state index in [9.17, 15) is 4.79 Å². The van der Waals surface area contributed by atoms with E-state index in [4.69, 9.17) is 9.47 Å². The van der Waals surface area contributed by atoms with E-state index in [1.807, 2.05) is 31.2 Å². The van der Waals surface area contributed by atoms with E-state index in [1.54, 1.807) is 4.57 Å². The molecule has 0 fully saturated rings. The predicted octanol–water partition coefficient (Wildman–Crippen LogP) is 1.89. The first kappa shape index (κ1) is 15.0. The maximum Gasteiger partial charge on any atom is 0.319 e. The van der Waals surface area contributed by atoms with Crippen molar-refractivity contribution in [3.05, 3.63) is 40.8 Å². The Hall–Kier alpha value is -2.96. The van der Waals surface area contributed by atoms with Crippen LogP contribution >= 0.6 is 0 Å². The van der Waals surface area contributed by atoms with Crippen molar-refractivity contribution in [1.82, 2.24) is 19.5 Å². The van der Waals surface area contributed by atoms with Gasteiger partial charge in [-0.05, 0) is 19.1 Å². The fourth-order valence-electron chi connectivity index (χ4n) is 2.45. The number of benzene rings is 1. The number of hydrogen-bond donors (Lipinski definition) is 0. The van der Waals surface area contributed by atoms with Crippen molar-refractivity contribution in [2.24, 2.45) is 0 Å². The van der Waals surface area contributed by atoms with E-state index >= 15 is 0 Å². The lowest BCUT2D eigenvalue weighted by molar-refractivity contribution is 0.353. The van der Waals surface area contributed by atoms with Crippen LogP contribution in [0.2, 0.25) is 0 Å². The minimum atomic E-state index is -0.210. The van der Waals surface area contributed by atoms with Gasteiger partial charge in [-0.3, -0.25) is 4.79 Å². The van der Waals surface area contributed by atoms with Crippen LogP contribution in [0.3, 0.4) is 0 Å². The highest BCUT2D eigenvalue weighted by molar-refractivity contribution is 5.78. The molecule has 2 aromatic heterocycles. The molecule has 7 heteroatoms. The van der Waals surface area contributed by atoms with Crippen molar-refractivity contribution in [3.8, 4) is 23.1 Å². The van der Waals surface area contributed by atoms with E-state index in [0.717, 1.165) is 11.0 Å². The van der Waals surface area contributed by atoms with Crippen LogP contribution < -0.4 is 15.0 Å². The number of rotatable bonds is 4. The summed E-state index contributed by atoms with van der Waals surface area (Å²) in [5, 5.41) is 0. The van der Waals surface area contributed by atoms with Crippen LogP contribution in [0.4, 0.5) is 0 Å². The second kappa shape index (κ2) is 6.04. The second-order valence-electron chi connectivity index (χ2n) is 4.78. The van der Waals surface area contributed by atoms with Gasteiger partial charge in [0.1, 0.15) is 5.69 Å². The van der Waals surface area contributed by atoms with Gasteiger partial charge in [0.2, 0.25) is 5.88 Å². The van der Waals surface area contributed by atoms with Crippen LogP contribution in [0.5, 0.6) is 11.9 Å². The van der Waals surface area contributed by atoms with Crippen LogP contribution in [0.1, 0.15) is 6.92 Å². The summed E-state index contributed by atoms with van der Waals surface area (Å²) in [6.07, 6.45) is 1.49. The third-order valence-electron chi connectivity index (χ3n) is 3.53. The van der Waals surface area contributed by atoms with Gasteiger partial charge in [0.25, 0.3) is 5.56 Å². The highest BCUT2D eigenvalue weighted by Crippen LogP contribution is 2.26. The zero-order valence-electron chi connectivity index (χ0n) is 13.1. The number of para-hydroxylation sites is 2. The molecule has 0 radical (unpaired) electrons. The highest BCUT2D eigenvalue weighted by Gasteiger charge is 2.18. The summed E-state index contributed by atoms with van der Waals surface area (Å²) in [5.41, 5.74) is 1.99. The van der Waals surface area contributed by atoms with E-state index in [2.05, 4.69) is 15.0 Å². The number of fused-ring (bicyclic) bond motifs is 1. The highest BCUT2D eigenvalue weighted by atomic mass is 16.5. The van der Waals surface area contributed by atoms with Crippen LogP contribution in [0.25, 0.3) is 22.3 Å². The van der Waals surface area contributed by atoms with Crippen LogP contribution in [0, 0.1) is 0 Å². The summed E-state index contributed by atoms with van der Waals surface area (Å²) in [6.45, 7) is 2.45. The normalized spacial score (nSPS) is 10.7. The average molecular weight is 312 g/mol. The maximum absolute atomic E-state index is 12.8. The lowest BCUT2D eigenvalue weighted by Gasteiger charge is -2.12. The van der Waals surface area contributed by atoms with Crippen LogP contribution in [-0.4, -0.2) is 33.7 Å². The lowest BCUT2D eigenvalue weighted by atomic mass is 10.2. The largest absolute Gasteiger partial charge is 0.480 e. The molecule has 0 atom stereocenters. The summed E-state index contributed by atoms with van der Waals surface area (Å²) in [7, 11) is 2.94. The van der Waals surface area contributed by atoms with Crippen LogP contribution in [0.15, 0.2) is 35.3 Å². The van der Waals surface area contributed by atoms with Crippen LogP contribution in [-0.2, 0) is 6.54 Å². The Morgan fingerprint density at radius 2 is 1.91 bits per heavy atom. The Balaban J connectivity index is 2.33. The summed E-state index contributed by atoms with van der Waals surface area (Å²) in [6, 6.07) is 7.67. The van der Waals surface area contributed by atoms with Gasteiger partial charge in [0.15, 0.2) is 0 Å². The third-order valence-corrected chi connectivity index (χ3v) is 3.53. The molecule has 0 aliphatic rings. The number of hydrogen-bond acceptors (Lipinski definition) is 6. The Labute approximate surface area is 132 Å². The first-order valence-corrected chi connectivity index (χ1v) is 7.14. The summed E-state index contributed by atoms with van der Waals surface area (Å²) >= 11 is 0. The number of aryl methyl sites for hydroxylation is 1. The SMILES string of the molecule is CCn1c(=O)c(-c2cnc(OC)nc2OC)nc2ccccc21. The Kier molecular flexibility index (Phi) is 3.92. The molecule has 0 amide bonds. The quantitative estimate of drug-likeness (QED) is 0.732. The number of methoxy groups -OCH3 is 2. The standard InChI is InChI=1S/C16H16N4O3/c1-4-20-12-8-6-5-7-11(12)18-13(15(20)21)10-9-17-16(23-3)19-14(10)22-2/h5-9H,4H2,1-3H3. The van der Waals surface area contributed by atoms with Gasteiger partial charge in [-0.15, -0.1) is 0 Å². The molecule has 1 aromatic carbocycles. The molecule has 0 N–H and O–H groups in total. The number of nitrogens with zero attached hydrogens (tertiary/aromatic N) is 4. The monoisotopic (exact) mass is 312 g/mol. The zero-order chi connectivity index (χ0) is 16.4. The van der Waals surface area contributed by atoms with Gasteiger partial charge < -0.3 is 14.0 Å². The minimum Gasteiger partial charge on any atom is -0.480 e. The molecule has 0 unspecified atom stereocenters. The van der Waals surface area contributed by atoms with Crippen molar-refractivity contribution in [2.45, 2.75) is 13.5 Å². The van der Waals surface area contributed by atoms with Crippen molar-refractivity contribution in [1.29, 1.82) is 0 Å². The Morgan fingerprint density at radius 3 is 2.61 bits per heavy atom. The third kappa shape index (κ3) is 2.50. The topological polar surface area (TPSA) is 79.1 Å². The molecule has 0 saturated carbocycles. The maximum atomic E-state index is 12.8. The van der Waals surface area contributed by atoms with Crippen molar-refractivity contribution < 1.29 is 9.47 Å². The first-order valence-electron chi connectivity index (χ1n) is 7.14. The second-order valence-corrected chi connectivity index (χ2v) is 4.78. The minimum absolute atomic E-state index is 0.169. The summed E-state index contributed by atoms with van der Waals surface area (Å²) in [5.74, 6) is 0.249. The molecular formula is C16H16N4O3. The Morgan fingerprint density at radius 1 is 1.13 bits per heavy atom. The molecule has 3 aromatic rings. The molecule has 118 valence electrons. The molecule has 2 heterocycles. The van der Waals surface area contributed by atoms with Crippen molar-refractivity contribution in [3.63, 3.8) is 0 Å². The van der Waals surface area contributed by atoms with Gasteiger partial charge in [0.05, 0.1) is 30.8 Å². The summed E-state index contributed by atoms with van der Waals surface area (Å²) < 4.78 is 11.9.